The van der Waals surface area contributed by atoms with Gasteiger partial charge in [0.2, 0.25) is 0 Å². The summed E-state index contributed by atoms with van der Waals surface area (Å²) in [7, 11) is 0. The van der Waals surface area contributed by atoms with E-state index in [4.69, 9.17) is 14.9 Å². The molecule has 0 aromatic heterocycles. The molecule has 0 radical (unpaired) electrons. The number of thiol groups is 1. The third-order valence-corrected chi connectivity index (χ3v) is 1.25. The topological polar surface area (TPSA) is 49.7 Å². The smallest absolute Gasteiger partial charge is 0.0858 e. The summed E-state index contributed by atoms with van der Waals surface area (Å²) in [5.74, 6) is 0.330. The van der Waals surface area contributed by atoms with Gasteiger partial charge in [0.15, 0.2) is 0 Å². The van der Waals surface area contributed by atoms with Crippen LogP contribution in [0, 0.1) is 0 Å². The van der Waals surface area contributed by atoms with Gasteiger partial charge in [-0.15, -0.1) is 0 Å². The van der Waals surface area contributed by atoms with E-state index in [0.717, 1.165) is 13.2 Å². The molecule has 0 aromatic rings. The zero-order chi connectivity index (χ0) is 9.11. The number of rotatable bonds is 4. The van der Waals surface area contributed by atoms with Gasteiger partial charge in [0.05, 0.1) is 12.7 Å². The lowest BCUT2D eigenvalue weighted by atomic mass is 10.4. The van der Waals surface area contributed by atoms with Crippen molar-refractivity contribution < 1.29 is 14.9 Å². The van der Waals surface area contributed by atoms with E-state index in [1.165, 1.54) is 0 Å². The summed E-state index contributed by atoms with van der Waals surface area (Å²) in [4.78, 5) is 0. The Morgan fingerprint density at radius 1 is 1.36 bits per heavy atom. The predicted octanol–water partition coefficient (Wildman–Crippen LogP) is 0.312. The van der Waals surface area contributed by atoms with Crippen LogP contribution in [-0.4, -0.2) is 41.9 Å². The van der Waals surface area contributed by atoms with Gasteiger partial charge in [0.25, 0.3) is 0 Å². The van der Waals surface area contributed by atoms with E-state index in [1.54, 1.807) is 0 Å². The Bertz CT molecular complexity index is 55.6. The van der Waals surface area contributed by atoms with Gasteiger partial charge in [0.1, 0.15) is 0 Å². The van der Waals surface area contributed by atoms with Crippen molar-refractivity contribution in [2.75, 3.05) is 25.6 Å². The summed E-state index contributed by atoms with van der Waals surface area (Å²) in [6.07, 6.45) is -0.645. The maximum Gasteiger partial charge on any atom is 0.0858 e. The Balaban J connectivity index is 0. The molecular formula is C7H18O3S. The third-order valence-electron chi connectivity index (χ3n) is 0.830. The summed E-state index contributed by atoms with van der Waals surface area (Å²) in [6.45, 7) is 5.48. The van der Waals surface area contributed by atoms with Crippen LogP contribution < -0.4 is 0 Å². The minimum Gasteiger partial charge on any atom is -0.394 e. The molecular weight excluding hydrogens is 164 g/mol. The van der Waals surface area contributed by atoms with Crippen LogP contribution in [0.25, 0.3) is 0 Å². The molecule has 0 fully saturated rings. The van der Waals surface area contributed by atoms with Gasteiger partial charge in [0, 0.05) is 19.0 Å². The third kappa shape index (κ3) is 17.9. The van der Waals surface area contributed by atoms with Crippen molar-refractivity contribution in [3.8, 4) is 0 Å². The first kappa shape index (κ1) is 13.8. The maximum absolute atomic E-state index is 8.34. The molecule has 0 saturated carbocycles. The highest BCUT2D eigenvalue weighted by molar-refractivity contribution is 7.80. The molecule has 0 rings (SSSR count). The number of ether oxygens (including phenoxy) is 1. The van der Waals surface area contributed by atoms with E-state index in [1.807, 2.05) is 13.8 Å². The van der Waals surface area contributed by atoms with Crippen molar-refractivity contribution in [2.24, 2.45) is 0 Å². The highest BCUT2D eigenvalue weighted by atomic mass is 32.1. The summed E-state index contributed by atoms with van der Waals surface area (Å²) < 4.78 is 4.83. The monoisotopic (exact) mass is 182 g/mol. The van der Waals surface area contributed by atoms with Crippen LogP contribution in [0.5, 0.6) is 0 Å². The molecule has 0 aromatic carbocycles. The highest BCUT2D eigenvalue weighted by Gasteiger charge is 1.92. The molecule has 11 heavy (non-hydrogen) atoms. The molecule has 0 saturated heterocycles. The van der Waals surface area contributed by atoms with Crippen LogP contribution in [0.3, 0.4) is 0 Å². The quantitative estimate of drug-likeness (QED) is 0.549. The van der Waals surface area contributed by atoms with Gasteiger partial charge >= 0.3 is 0 Å². The standard InChI is InChI=1S/C4H10O.C3H8O2S/c1-3-5-4-2;4-1-3(5)2-6/h3-4H2,1-2H3;3-6H,1-2H2. The Morgan fingerprint density at radius 2 is 1.82 bits per heavy atom. The van der Waals surface area contributed by atoms with Crippen molar-refractivity contribution in [3.63, 3.8) is 0 Å². The minimum absolute atomic E-state index is 0.191. The molecule has 0 aliphatic heterocycles. The van der Waals surface area contributed by atoms with Gasteiger partial charge in [-0.3, -0.25) is 0 Å². The molecule has 0 amide bonds. The highest BCUT2D eigenvalue weighted by Crippen LogP contribution is 1.81. The van der Waals surface area contributed by atoms with Crippen LogP contribution in [0.4, 0.5) is 0 Å². The van der Waals surface area contributed by atoms with Crippen molar-refractivity contribution in [1.82, 2.24) is 0 Å². The molecule has 0 bridgehead atoms. The zero-order valence-corrected chi connectivity index (χ0v) is 8.05. The molecule has 1 unspecified atom stereocenters. The number of hydrogen-bond acceptors (Lipinski definition) is 4. The van der Waals surface area contributed by atoms with Crippen LogP contribution >= 0.6 is 12.6 Å². The van der Waals surface area contributed by atoms with Gasteiger partial charge in [-0.1, -0.05) is 0 Å². The summed E-state index contributed by atoms with van der Waals surface area (Å²) in [5.41, 5.74) is 0. The van der Waals surface area contributed by atoms with E-state index in [2.05, 4.69) is 12.6 Å². The first-order valence-electron chi connectivity index (χ1n) is 3.70. The van der Waals surface area contributed by atoms with Crippen LogP contribution in [0.1, 0.15) is 13.8 Å². The van der Waals surface area contributed by atoms with Gasteiger partial charge in [-0.05, 0) is 13.8 Å². The lowest BCUT2D eigenvalue weighted by Crippen LogP contribution is -2.12. The largest absolute Gasteiger partial charge is 0.394 e. The molecule has 70 valence electrons. The van der Waals surface area contributed by atoms with Gasteiger partial charge < -0.3 is 14.9 Å². The molecule has 0 aliphatic carbocycles. The SMILES string of the molecule is CCOCC.OCC(O)CS. The Morgan fingerprint density at radius 3 is 1.82 bits per heavy atom. The van der Waals surface area contributed by atoms with Crippen molar-refractivity contribution >= 4 is 12.6 Å². The Labute approximate surface area is 73.8 Å². The molecule has 2 N–H and O–H groups in total. The van der Waals surface area contributed by atoms with Crippen molar-refractivity contribution in [3.05, 3.63) is 0 Å². The number of hydrogen-bond donors (Lipinski definition) is 3. The van der Waals surface area contributed by atoms with E-state index in [-0.39, 0.29) is 6.61 Å². The summed E-state index contributed by atoms with van der Waals surface area (Å²) >= 11 is 3.69. The molecule has 0 spiro atoms. The molecule has 4 heteroatoms. The normalized spacial score (nSPS) is 11.7. The first-order chi connectivity index (χ1) is 5.22. The van der Waals surface area contributed by atoms with Crippen LogP contribution in [0.15, 0.2) is 0 Å². The first-order valence-corrected chi connectivity index (χ1v) is 4.33. The van der Waals surface area contributed by atoms with Crippen LogP contribution in [-0.2, 0) is 4.74 Å². The number of aliphatic hydroxyl groups is 2. The predicted molar refractivity (Wildman–Crippen MR) is 49.1 cm³/mol. The average Bonchev–Trinajstić information content (AvgIpc) is 2.06. The Hall–Kier alpha value is 0.230. The fraction of sp³-hybridized carbons (Fsp3) is 1.00. The minimum atomic E-state index is -0.645. The van der Waals surface area contributed by atoms with E-state index >= 15 is 0 Å². The van der Waals surface area contributed by atoms with Crippen molar-refractivity contribution in [2.45, 2.75) is 20.0 Å². The Kier molecular flexibility index (Phi) is 16.1. The molecule has 3 nitrogen and oxygen atoms in total. The van der Waals surface area contributed by atoms with E-state index < -0.39 is 6.10 Å². The second-order valence-corrected chi connectivity index (χ2v) is 2.17. The second kappa shape index (κ2) is 12.9. The lowest BCUT2D eigenvalue weighted by Gasteiger charge is -1.96. The molecule has 0 aliphatic rings. The second-order valence-electron chi connectivity index (χ2n) is 1.80. The lowest BCUT2D eigenvalue weighted by molar-refractivity contribution is 0.114. The molecule has 0 heterocycles. The average molecular weight is 182 g/mol. The fourth-order valence-electron chi connectivity index (χ4n) is 0.262. The van der Waals surface area contributed by atoms with Gasteiger partial charge in [-0.2, -0.15) is 12.6 Å². The van der Waals surface area contributed by atoms with Gasteiger partial charge in [-0.25, -0.2) is 0 Å². The van der Waals surface area contributed by atoms with Crippen LogP contribution in [0.2, 0.25) is 0 Å². The van der Waals surface area contributed by atoms with Crippen molar-refractivity contribution in [1.29, 1.82) is 0 Å². The summed E-state index contributed by atoms with van der Waals surface area (Å²) in [5, 5.41) is 16.4. The maximum atomic E-state index is 8.34. The summed E-state index contributed by atoms with van der Waals surface area (Å²) in [6, 6.07) is 0. The molecule has 1 atom stereocenters. The fourth-order valence-corrected chi connectivity index (χ4v) is 0.377. The zero-order valence-electron chi connectivity index (χ0n) is 7.16. The number of aliphatic hydroxyl groups excluding tert-OH is 2. The van der Waals surface area contributed by atoms with E-state index in [9.17, 15) is 0 Å². The van der Waals surface area contributed by atoms with E-state index in [0.29, 0.717) is 5.75 Å².